The van der Waals surface area contributed by atoms with Gasteiger partial charge in [-0.05, 0) is 54.4 Å². The van der Waals surface area contributed by atoms with Crippen molar-refractivity contribution < 1.29 is 22.8 Å². The van der Waals surface area contributed by atoms with Crippen molar-refractivity contribution in [2.75, 3.05) is 13.1 Å². The number of carbonyl (C=O) groups is 2. The van der Waals surface area contributed by atoms with E-state index >= 15 is 0 Å². The lowest BCUT2D eigenvalue weighted by Gasteiger charge is -2.21. The molecule has 10 heteroatoms. The van der Waals surface area contributed by atoms with Crippen molar-refractivity contribution in [1.29, 1.82) is 0 Å². The number of pyridine rings is 1. The third-order valence-corrected chi connectivity index (χ3v) is 6.62. The van der Waals surface area contributed by atoms with Gasteiger partial charge in [-0.15, -0.1) is 10.2 Å². The van der Waals surface area contributed by atoms with Crippen LogP contribution in [0.2, 0.25) is 0 Å². The van der Waals surface area contributed by atoms with E-state index in [1.165, 1.54) is 22.7 Å². The lowest BCUT2D eigenvalue weighted by molar-refractivity contribution is -0.138. The first-order valence-electron chi connectivity index (χ1n) is 10.3. The Hall–Kier alpha value is -3.43. The summed E-state index contributed by atoms with van der Waals surface area (Å²) in [4.78, 5) is 26.3. The summed E-state index contributed by atoms with van der Waals surface area (Å²) in [6.07, 6.45) is -1.73. The molecule has 2 aliphatic rings. The maximum atomic E-state index is 13.4. The van der Waals surface area contributed by atoms with Gasteiger partial charge in [-0.1, -0.05) is 18.2 Å². The van der Waals surface area contributed by atoms with Gasteiger partial charge in [-0.2, -0.15) is 13.2 Å². The Morgan fingerprint density at radius 2 is 1.69 bits per heavy atom. The summed E-state index contributed by atoms with van der Waals surface area (Å²) in [6, 6.07) is 8.83. The monoisotopic (exact) mass is 443 g/mol. The summed E-state index contributed by atoms with van der Waals surface area (Å²) in [5.41, 5.74) is 5.74. The van der Waals surface area contributed by atoms with Crippen LogP contribution in [-0.4, -0.2) is 44.4 Å². The van der Waals surface area contributed by atoms with E-state index in [2.05, 4.69) is 10.2 Å². The lowest BCUT2D eigenvalue weighted by Crippen LogP contribution is -2.31. The van der Waals surface area contributed by atoms with E-state index in [9.17, 15) is 22.8 Å². The van der Waals surface area contributed by atoms with Gasteiger partial charge in [0, 0.05) is 19.3 Å². The Morgan fingerprint density at radius 1 is 1.00 bits per heavy atom. The Balaban J connectivity index is 1.34. The van der Waals surface area contributed by atoms with Crippen LogP contribution >= 0.6 is 0 Å². The van der Waals surface area contributed by atoms with E-state index in [0.29, 0.717) is 37.1 Å². The molecule has 1 aromatic carbocycles. The molecule has 3 aromatic rings. The molecular formula is C22H20F3N5O2. The van der Waals surface area contributed by atoms with Gasteiger partial charge in [0.25, 0.3) is 5.91 Å². The topological polar surface area (TPSA) is 93.6 Å². The summed E-state index contributed by atoms with van der Waals surface area (Å²) in [6.45, 7) is 0.914. The number of aromatic nitrogens is 3. The number of nitrogens with zero attached hydrogens (tertiary/aromatic N) is 4. The molecular weight excluding hydrogens is 423 g/mol. The smallest absolute Gasteiger partial charge is 0.366 e. The number of carbonyl (C=O) groups excluding carboxylic acids is 2. The number of nitrogens with two attached hydrogens (primary N) is 1. The average Bonchev–Trinajstić information content (AvgIpc) is 3.45. The fourth-order valence-corrected chi connectivity index (χ4v) is 5.15. The zero-order valence-electron chi connectivity index (χ0n) is 16.9. The molecule has 166 valence electrons. The molecule has 32 heavy (non-hydrogen) atoms. The van der Waals surface area contributed by atoms with Crippen LogP contribution in [0.4, 0.5) is 13.2 Å². The normalized spacial score (nSPS) is 23.0. The van der Waals surface area contributed by atoms with Gasteiger partial charge in [-0.25, -0.2) is 0 Å². The molecule has 2 fully saturated rings. The molecule has 0 bridgehead atoms. The van der Waals surface area contributed by atoms with Crippen LogP contribution in [0.1, 0.15) is 50.9 Å². The fourth-order valence-electron chi connectivity index (χ4n) is 5.15. The minimum atomic E-state index is -4.38. The number of hydrogen-bond donors (Lipinski definition) is 1. The van der Waals surface area contributed by atoms with Crippen LogP contribution in [0.15, 0.2) is 42.6 Å². The molecule has 1 saturated heterocycles. The third kappa shape index (κ3) is 3.39. The first-order valence-corrected chi connectivity index (χ1v) is 10.3. The largest absolute Gasteiger partial charge is 0.416 e. The second kappa shape index (κ2) is 7.32. The highest BCUT2D eigenvalue weighted by Gasteiger charge is 2.45. The van der Waals surface area contributed by atoms with Crippen LogP contribution in [-0.2, 0) is 6.18 Å². The zero-order valence-corrected chi connectivity index (χ0v) is 16.9. The SMILES string of the molecule is NC(=O)c1ccc2nnc(C(=O)N3CC4C[C@@H](c5ccccc5C(F)(F)F)C[C@H]4C3)n2c1. The minimum absolute atomic E-state index is 0.0852. The first-order chi connectivity index (χ1) is 15.2. The molecule has 0 radical (unpaired) electrons. The molecule has 1 aliphatic heterocycles. The summed E-state index contributed by atoms with van der Waals surface area (Å²) < 4.78 is 41.7. The highest BCUT2D eigenvalue weighted by molar-refractivity contribution is 5.94. The number of halogens is 3. The third-order valence-electron chi connectivity index (χ3n) is 6.62. The van der Waals surface area contributed by atoms with Crippen molar-refractivity contribution in [3.63, 3.8) is 0 Å². The van der Waals surface area contributed by atoms with Gasteiger partial charge in [0.05, 0.1) is 11.1 Å². The van der Waals surface area contributed by atoms with E-state index < -0.39 is 17.6 Å². The highest BCUT2D eigenvalue weighted by atomic mass is 19.4. The van der Waals surface area contributed by atoms with Gasteiger partial charge in [0.1, 0.15) is 0 Å². The van der Waals surface area contributed by atoms with Crippen LogP contribution in [0.25, 0.3) is 5.65 Å². The van der Waals surface area contributed by atoms with E-state index in [1.54, 1.807) is 23.1 Å². The summed E-state index contributed by atoms with van der Waals surface area (Å²) in [5, 5.41) is 7.95. The Kier molecular flexibility index (Phi) is 4.68. The predicted molar refractivity (Wildman–Crippen MR) is 108 cm³/mol. The van der Waals surface area contributed by atoms with Gasteiger partial charge >= 0.3 is 6.18 Å². The molecule has 2 N–H and O–H groups in total. The molecule has 1 unspecified atom stereocenters. The van der Waals surface area contributed by atoms with E-state index in [4.69, 9.17) is 5.73 Å². The number of primary amides is 1. The van der Waals surface area contributed by atoms with Crippen molar-refractivity contribution >= 4 is 17.5 Å². The molecule has 1 saturated carbocycles. The molecule has 2 amide bonds. The molecule has 3 heterocycles. The predicted octanol–water partition coefficient (Wildman–Crippen LogP) is 3.11. The van der Waals surface area contributed by atoms with E-state index in [-0.39, 0.29) is 35.0 Å². The maximum absolute atomic E-state index is 13.4. The Morgan fingerprint density at radius 3 is 2.34 bits per heavy atom. The number of fused-ring (bicyclic) bond motifs is 2. The number of alkyl halides is 3. The standard InChI is InChI=1S/C22H20F3N5O2/c23-22(24,25)17-4-2-1-3-16(17)13-7-14-9-29(10-15(14)8-13)21(32)20-28-27-18-6-5-12(19(26)31)11-30(18)20/h1-6,11,13-15H,7-10H2,(H2,26,31)/t13-,14-,15?/m0/s1. The van der Waals surface area contributed by atoms with Crippen molar-refractivity contribution in [3.05, 3.63) is 65.1 Å². The molecule has 3 atom stereocenters. The number of rotatable bonds is 3. The fraction of sp³-hybridized carbons (Fsp3) is 0.364. The van der Waals surface area contributed by atoms with E-state index in [0.717, 1.165) is 6.07 Å². The number of amides is 2. The van der Waals surface area contributed by atoms with Crippen LogP contribution < -0.4 is 5.73 Å². The number of likely N-dealkylation sites (tertiary alicyclic amines) is 1. The quantitative estimate of drug-likeness (QED) is 0.673. The van der Waals surface area contributed by atoms with Crippen molar-refractivity contribution in [2.45, 2.75) is 24.9 Å². The molecule has 0 spiro atoms. The van der Waals surface area contributed by atoms with Gasteiger partial charge in [0.15, 0.2) is 5.65 Å². The maximum Gasteiger partial charge on any atom is 0.416 e. The summed E-state index contributed by atoms with van der Waals surface area (Å²) >= 11 is 0. The minimum Gasteiger partial charge on any atom is -0.366 e. The zero-order chi connectivity index (χ0) is 22.6. The van der Waals surface area contributed by atoms with Crippen LogP contribution in [0.3, 0.4) is 0 Å². The van der Waals surface area contributed by atoms with Gasteiger partial charge in [0.2, 0.25) is 11.7 Å². The van der Waals surface area contributed by atoms with Crippen molar-refractivity contribution in [1.82, 2.24) is 19.5 Å². The first kappa shape index (κ1) is 20.5. The highest BCUT2D eigenvalue weighted by Crippen LogP contribution is 2.49. The van der Waals surface area contributed by atoms with Crippen LogP contribution in [0, 0.1) is 11.8 Å². The summed E-state index contributed by atoms with van der Waals surface area (Å²) in [7, 11) is 0. The van der Waals surface area contributed by atoms with Gasteiger partial charge in [-0.3, -0.25) is 14.0 Å². The Bertz CT molecular complexity index is 1210. The van der Waals surface area contributed by atoms with E-state index in [1.807, 2.05) is 0 Å². The molecule has 7 nitrogen and oxygen atoms in total. The van der Waals surface area contributed by atoms with Crippen LogP contribution in [0.5, 0.6) is 0 Å². The average molecular weight is 443 g/mol. The second-order valence-electron chi connectivity index (χ2n) is 8.52. The number of benzene rings is 1. The molecule has 1 aliphatic carbocycles. The lowest BCUT2D eigenvalue weighted by atomic mass is 9.91. The summed E-state index contributed by atoms with van der Waals surface area (Å²) in [5.74, 6) is -0.772. The number of hydrogen-bond acceptors (Lipinski definition) is 4. The molecule has 5 rings (SSSR count). The Labute approximate surface area is 181 Å². The van der Waals surface area contributed by atoms with Crippen molar-refractivity contribution in [3.8, 4) is 0 Å². The van der Waals surface area contributed by atoms with Crippen molar-refractivity contribution in [2.24, 2.45) is 17.6 Å². The second-order valence-corrected chi connectivity index (χ2v) is 8.52. The molecule has 2 aromatic heterocycles. The van der Waals surface area contributed by atoms with Gasteiger partial charge < -0.3 is 10.6 Å².